The largest absolute Gasteiger partial charge is 0.351 e. The van der Waals surface area contributed by atoms with E-state index in [1.54, 1.807) is 0 Å². The Morgan fingerprint density at radius 3 is 2.29 bits per heavy atom. The van der Waals surface area contributed by atoms with Gasteiger partial charge in [0.15, 0.2) is 0 Å². The summed E-state index contributed by atoms with van der Waals surface area (Å²) in [6.45, 7) is 0.583. The second kappa shape index (κ2) is 7.85. The van der Waals surface area contributed by atoms with E-state index in [-0.39, 0.29) is 34.3 Å². The Hall–Kier alpha value is -2.51. The molecule has 0 aliphatic carbocycles. The molecule has 8 heteroatoms. The Bertz CT molecular complexity index is 764. The van der Waals surface area contributed by atoms with Crippen molar-refractivity contribution >= 4 is 29.1 Å². The van der Waals surface area contributed by atoms with Crippen molar-refractivity contribution in [2.24, 2.45) is 5.73 Å². The summed E-state index contributed by atoms with van der Waals surface area (Å²) in [5.74, 6) is -2.89. The number of carbonyl (C=O) groups is 2. The van der Waals surface area contributed by atoms with Gasteiger partial charge in [-0.05, 0) is 30.3 Å². The van der Waals surface area contributed by atoms with Crippen LogP contribution in [0.4, 0.5) is 14.5 Å². The van der Waals surface area contributed by atoms with Crippen LogP contribution in [0.5, 0.6) is 0 Å². The van der Waals surface area contributed by atoms with E-state index in [0.29, 0.717) is 12.6 Å². The Balaban J connectivity index is 2.22. The van der Waals surface area contributed by atoms with Crippen LogP contribution in [0.2, 0.25) is 5.02 Å². The number of rotatable bonds is 5. The fraction of sp³-hybridized carbons (Fsp3) is 0.125. The van der Waals surface area contributed by atoms with Crippen LogP contribution in [0.3, 0.4) is 0 Å². The van der Waals surface area contributed by atoms with E-state index in [0.717, 1.165) is 12.1 Å². The number of benzene rings is 2. The SMILES string of the molecule is NCCNC(=O)c1ccc(Cl)c(NC(=O)c2cc(F)cc(F)c2)c1. The highest BCUT2D eigenvalue weighted by Gasteiger charge is 2.13. The zero-order valence-corrected chi connectivity index (χ0v) is 13.2. The van der Waals surface area contributed by atoms with Crippen molar-refractivity contribution in [3.05, 3.63) is 64.2 Å². The minimum absolute atomic E-state index is 0.145. The molecule has 0 radical (unpaired) electrons. The Morgan fingerprint density at radius 2 is 1.67 bits per heavy atom. The van der Waals surface area contributed by atoms with Crippen LogP contribution in [-0.4, -0.2) is 24.9 Å². The molecular weight excluding hydrogens is 340 g/mol. The third kappa shape index (κ3) is 4.50. The molecule has 0 saturated heterocycles. The first-order chi connectivity index (χ1) is 11.4. The van der Waals surface area contributed by atoms with Gasteiger partial charge in [-0.1, -0.05) is 11.6 Å². The van der Waals surface area contributed by atoms with Gasteiger partial charge in [-0.3, -0.25) is 9.59 Å². The van der Waals surface area contributed by atoms with E-state index in [4.69, 9.17) is 17.3 Å². The number of hydrogen-bond acceptors (Lipinski definition) is 3. The van der Waals surface area contributed by atoms with E-state index in [9.17, 15) is 18.4 Å². The van der Waals surface area contributed by atoms with Crippen molar-refractivity contribution < 1.29 is 18.4 Å². The van der Waals surface area contributed by atoms with Crippen LogP contribution in [0.1, 0.15) is 20.7 Å². The van der Waals surface area contributed by atoms with Gasteiger partial charge in [0.25, 0.3) is 11.8 Å². The fourth-order valence-corrected chi connectivity index (χ4v) is 2.09. The average Bonchev–Trinajstić information content (AvgIpc) is 2.53. The van der Waals surface area contributed by atoms with E-state index in [1.807, 2.05) is 0 Å². The molecule has 0 saturated carbocycles. The second-order valence-electron chi connectivity index (χ2n) is 4.85. The smallest absolute Gasteiger partial charge is 0.255 e. The summed E-state index contributed by atoms with van der Waals surface area (Å²) in [6.07, 6.45) is 0. The van der Waals surface area contributed by atoms with Gasteiger partial charge in [-0.25, -0.2) is 8.78 Å². The molecule has 0 unspecified atom stereocenters. The lowest BCUT2D eigenvalue weighted by Gasteiger charge is -2.10. The molecule has 0 fully saturated rings. The molecule has 5 nitrogen and oxygen atoms in total. The van der Waals surface area contributed by atoms with Crippen LogP contribution in [-0.2, 0) is 0 Å². The zero-order valence-electron chi connectivity index (χ0n) is 12.4. The molecule has 0 bridgehead atoms. The zero-order chi connectivity index (χ0) is 17.7. The van der Waals surface area contributed by atoms with E-state index in [2.05, 4.69) is 10.6 Å². The molecule has 126 valence electrons. The predicted octanol–water partition coefficient (Wildman–Crippen LogP) is 2.56. The molecule has 0 heterocycles. The molecule has 0 atom stereocenters. The van der Waals surface area contributed by atoms with Gasteiger partial charge >= 0.3 is 0 Å². The molecule has 2 amide bonds. The van der Waals surface area contributed by atoms with Gasteiger partial charge in [0, 0.05) is 30.3 Å². The number of carbonyl (C=O) groups excluding carboxylic acids is 2. The normalized spacial score (nSPS) is 10.3. The van der Waals surface area contributed by atoms with Crippen molar-refractivity contribution in [1.82, 2.24) is 5.32 Å². The first-order valence-electron chi connectivity index (χ1n) is 6.96. The van der Waals surface area contributed by atoms with Crippen molar-refractivity contribution in [3.8, 4) is 0 Å². The third-order valence-electron chi connectivity index (χ3n) is 3.03. The minimum Gasteiger partial charge on any atom is -0.351 e. The number of nitrogens with two attached hydrogens (primary N) is 1. The maximum Gasteiger partial charge on any atom is 0.255 e. The summed E-state index contributed by atoms with van der Waals surface area (Å²) in [5, 5.41) is 5.18. The minimum atomic E-state index is -0.874. The van der Waals surface area contributed by atoms with Crippen LogP contribution in [0.25, 0.3) is 0 Å². The van der Waals surface area contributed by atoms with Gasteiger partial charge in [-0.15, -0.1) is 0 Å². The highest BCUT2D eigenvalue weighted by molar-refractivity contribution is 6.34. The van der Waals surface area contributed by atoms with Crippen LogP contribution >= 0.6 is 11.6 Å². The summed E-state index contributed by atoms with van der Waals surface area (Å²) < 4.78 is 26.4. The highest BCUT2D eigenvalue weighted by atomic mass is 35.5. The molecule has 0 aromatic heterocycles. The molecule has 4 N–H and O–H groups in total. The maximum atomic E-state index is 13.2. The van der Waals surface area contributed by atoms with Gasteiger partial charge < -0.3 is 16.4 Å². The summed E-state index contributed by atoms with van der Waals surface area (Å²) in [5.41, 5.74) is 5.51. The van der Waals surface area contributed by atoms with Crippen LogP contribution < -0.4 is 16.4 Å². The topological polar surface area (TPSA) is 84.2 Å². The van der Waals surface area contributed by atoms with Crippen LogP contribution in [0, 0.1) is 11.6 Å². The lowest BCUT2D eigenvalue weighted by atomic mass is 10.1. The maximum absolute atomic E-state index is 13.2. The number of amides is 2. The molecular formula is C16H14ClF2N3O2. The average molecular weight is 354 g/mol. The molecule has 0 spiro atoms. The van der Waals surface area contributed by atoms with Crippen molar-refractivity contribution in [1.29, 1.82) is 0 Å². The molecule has 24 heavy (non-hydrogen) atoms. The standard InChI is InChI=1S/C16H14ClF2N3O2/c17-13-2-1-9(15(23)21-4-3-20)7-14(13)22-16(24)10-5-11(18)8-12(19)6-10/h1-2,5-8H,3-4,20H2,(H,21,23)(H,22,24). The molecule has 0 aliphatic rings. The molecule has 2 rings (SSSR count). The van der Waals surface area contributed by atoms with E-state index >= 15 is 0 Å². The summed E-state index contributed by atoms with van der Waals surface area (Å²) in [4.78, 5) is 24.0. The van der Waals surface area contributed by atoms with Crippen molar-refractivity contribution in [3.63, 3.8) is 0 Å². The van der Waals surface area contributed by atoms with Gasteiger partial charge in [-0.2, -0.15) is 0 Å². The predicted molar refractivity (Wildman–Crippen MR) is 87.2 cm³/mol. The summed E-state index contributed by atoms with van der Waals surface area (Å²) in [7, 11) is 0. The first-order valence-corrected chi connectivity index (χ1v) is 7.34. The lowest BCUT2D eigenvalue weighted by Crippen LogP contribution is -2.29. The quantitative estimate of drug-likeness (QED) is 0.772. The summed E-state index contributed by atoms with van der Waals surface area (Å²) >= 11 is 5.98. The number of anilines is 1. The number of nitrogens with one attached hydrogen (secondary N) is 2. The fourth-order valence-electron chi connectivity index (χ4n) is 1.93. The van der Waals surface area contributed by atoms with E-state index in [1.165, 1.54) is 18.2 Å². The number of hydrogen-bond donors (Lipinski definition) is 3. The van der Waals surface area contributed by atoms with Crippen LogP contribution in [0.15, 0.2) is 36.4 Å². The van der Waals surface area contributed by atoms with Gasteiger partial charge in [0.1, 0.15) is 11.6 Å². The Kier molecular flexibility index (Phi) is 5.83. The second-order valence-corrected chi connectivity index (χ2v) is 5.26. The van der Waals surface area contributed by atoms with Gasteiger partial charge in [0.2, 0.25) is 0 Å². The first kappa shape index (κ1) is 17.8. The number of halogens is 3. The Labute approximate surface area is 141 Å². The van der Waals surface area contributed by atoms with Crippen molar-refractivity contribution in [2.45, 2.75) is 0 Å². The molecule has 2 aromatic rings. The lowest BCUT2D eigenvalue weighted by molar-refractivity contribution is 0.0953. The van der Waals surface area contributed by atoms with E-state index < -0.39 is 17.5 Å². The third-order valence-corrected chi connectivity index (χ3v) is 3.36. The monoisotopic (exact) mass is 353 g/mol. The molecule has 0 aliphatic heterocycles. The van der Waals surface area contributed by atoms with Gasteiger partial charge in [0.05, 0.1) is 10.7 Å². The molecule has 2 aromatic carbocycles. The summed E-state index contributed by atoms with van der Waals surface area (Å²) in [6, 6.07) is 6.72. The Morgan fingerprint density at radius 1 is 1.00 bits per heavy atom. The van der Waals surface area contributed by atoms with Crippen molar-refractivity contribution in [2.75, 3.05) is 18.4 Å². The highest BCUT2D eigenvalue weighted by Crippen LogP contribution is 2.24.